The van der Waals surface area contributed by atoms with Crippen molar-refractivity contribution in [1.29, 1.82) is 0 Å². The van der Waals surface area contributed by atoms with Gasteiger partial charge in [0, 0.05) is 24.2 Å². The van der Waals surface area contributed by atoms with Crippen LogP contribution < -0.4 is 15.4 Å². The van der Waals surface area contributed by atoms with E-state index in [1.165, 1.54) is 6.92 Å². The van der Waals surface area contributed by atoms with Gasteiger partial charge in [-0.2, -0.15) is 0 Å². The molecular weight excluding hydrogens is 304 g/mol. The summed E-state index contributed by atoms with van der Waals surface area (Å²) in [5.74, 6) is 0.610. The van der Waals surface area contributed by atoms with Crippen molar-refractivity contribution in [1.82, 2.24) is 5.32 Å². The highest BCUT2D eigenvalue weighted by molar-refractivity contribution is 5.88. The van der Waals surface area contributed by atoms with Crippen molar-refractivity contribution in [3.63, 3.8) is 0 Å². The van der Waals surface area contributed by atoms with E-state index in [0.717, 1.165) is 11.3 Å². The molecule has 0 saturated heterocycles. The molecule has 1 aromatic rings. The Bertz CT molecular complexity index is 546. The Labute approximate surface area is 137 Å². The van der Waals surface area contributed by atoms with Gasteiger partial charge in [-0.25, -0.2) is 0 Å². The molecule has 1 amide bonds. The summed E-state index contributed by atoms with van der Waals surface area (Å²) in [5.41, 5.74) is 0.892. The van der Waals surface area contributed by atoms with Gasteiger partial charge in [0.25, 0.3) is 0 Å². The summed E-state index contributed by atoms with van der Waals surface area (Å²) in [6.45, 7) is 9.28. The van der Waals surface area contributed by atoms with E-state index in [1.807, 2.05) is 39.8 Å². The van der Waals surface area contributed by atoms with Gasteiger partial charge >= 0.3 is 0 Å². The molecule has 0 spiro atoms. The van der Waals surface area contributed by atoms with Gasteiger partial charge in [0.2, 0.25) is 5.91 Å². The van der Waals surface area contributed by atoms with Gasteiger partial charge < -0.3 is 20.5 Å². The number of hydrogen-bond donors (Lipinski definition) is 3. The number of anilines is 1. The lowest BCUT2D eigenvalue weighted by atomic mass is 9.86. The average Bonchev–Trinajstić information content (AvgIpc) is 2.34. The number of fused-ring (bicyclic) bond motifs is 1. The minimum absolute atomic E-state index is 0. The first kappa shape index (κ1) is 18.7. The monoisotopic (exact) mass is 328 g/mol. The summed E-state index contributed by atoms with van der Waals surface area (Å²) in [6.07, 6.45) is -0.681. The number of hydrogen-bond acceptors (Lipinski definition) is 4. The van der Waals surface area contributed by atoms with Gasteiger partial charge in [0.05, 0.1) is 6.04 Å². The number of halogens is 1. The summed E-state index contributed by atoms with van der Waals surface area (Å²) in [6, 6.07) is 5.48. The van der Waals surface area contributed by atoms with Crippen LogP contribution in [0.1, 0.15) is 46.2 Å². The Hall–Kier alpha value is -1.30. The van der Waals surface area contributed by atoms with Crippen LogP contribution in [-0.2, 0) is 4.79 Å². The highest BCUT2D eigenvalue weighted by Gasteiger charge is 2.43. The molecule has 5 nitrogen and oxygen atoms in total. The number of nitrogens with one attached hydrogen (secondary N) is 2. The lowest BCUT2D eigenvalue weighted by Gasteiger charge is -2.43. The van der Waals surface area contributed by atoms with Crippen LogP contribution in [-0.4, -0.2) is 28.8 Å². The Kier molecular flexibility index (Phi) is 5.84. The first-order valence-electron chi connectivity index (χ1n) is 7.25. The van der Waals surface area contributed by atoms with Crippen LogP contribution in [0.25, 0.3) is 0 Å². The standard InChI is InChI=1S/C16H24N2O3.ClH/c1-9(2)17-14-12-8-11(18-10(3)19)6-7-13(12)21-16(4,5)15(14)20;/h6-9,14-15,17,20H,1-5H3,(H,18,19);1H/t14-,15+;/m0./s1. The van der Waals surface area contributed by atoms with Crippen LogP contribution in [0.3, 0.4) is 0 Å². The zero-order valence-corrected chi connectivity index (χ0v) is 14.5. The van der Waals surface area contributed by atoms with Crippen molar-refractivity contribution in [2.45, 2.75) is 58.4 Å². The second kappa shape index (κ2) is 6.86. The first-order valence-corrected chi connectivity index (χ1v) is 7.25. The molecule has 3 N–H and O–H groups in total. The number of aliphatic hydroxyl groups is 1. The summed E-state index contributed by atoms with van der Waals surface area (Å²) >= 11 is 0. The SMILES string of the molecule is CC(=O)Nc1ccc2c(c1)[C@H](NC(C)C)[C@@H](O)C(C)(C)O2.Cl. The first-order chi connectivity index (χ1) is 9.70. The Morgan fingerprint density at radius 3 is 2.55 bits per heavy atom. The van der Waals surface area contributed by atoms with Crippen molar-refractivity contribution in [3.05, 3.63) is 23.8 Å². The summed E-state index contributed by atoms with van der Waals surface area (Å²) < 4.78 is 5.90. The van der Waals surface area contributed by atoms with Crippen LogP contribution in [0.2, 0.25) is 0 Å². The van der Waals surface area contributed by atoms with Crippen molar-refractivity contribution < 1.29 is 14.6 Å². The van der Waals surface area contributed by atoms with Gasteiger partial charge in [-0.3, -0.25) is 4.79 Å². The summed E-state index contributed by atoms with van der Waals surface area (Å²) in [4.78, 5) is 11.2. The third kappa shape index (κ3) is 3.91. The predicted molar refractivity (Wildman–Crippen MR) is 89.7 cm³/mol. The van der Waals surface area contributed by atoms with Gasteiger partial charge in [-0.15, -0.1) is 12.4 Å². The largest absolute Gasteiger partial charge is 0.485 e. The Balaban J connectivity index is 0.00000242. The minimum Gasteiger partial charge on any atom is -0.485 e. The number of carbonyl (C=O) groups is 1. The molecule has 1 aromatic carbocycles. The molecule has 2 atom stereocenters. The molecule has 124 valence electrons. The minimum atomic E-state index is -0.681. The maximum Gasteiger partial charge on any atom is 0.221 e. The average molecular weight is 329 g/mol. The van der Waals surface area contributed by atoms with E-state index >= 15 is 0 Å². The summed E-state index contributed by atoms with van der Waals surface area (Å²) in [7, 11) is 0. The molecule has 0 aliphatic carbocycles. The van der Waals surface area contributed by atoms with Gasteiger partial charge in [0.15, 0.2) is 0 Å². The molecule has 0 radical (unpaired) electrons. The maximum absolute atomic E-state index is 11.2. The number of amides is 1. The van der Waals surface area contributed by atoms with Crippen LogP contribution in [0.15, 0.2) is 18.2 Å². The molecule has 0 unspecified atom stereocenters. The zero-order chi connectivity index (χ0) is 15.8. The lowest BCUT2D eigenvalue weighted by molar-refractivity contribution is -0.114. The van der Waals surface area contributed by atoms with Crippen molar-refractivity contribution in [2.75, 3.05) is 5.32 Å². The quantitative estimate of drug-likeness (QED) is 0.797. The van der Waals surface area contributed by atoms with Crippen molar-refractivity contribution >= 4 is 24.0 Å². The number of ether oxygens (including phenoxy) is 1. The number of benzene rings is 1. The predicted octanol–water partition coefficient (Wildman–Crippen LogP) is 2.64. The van der Waals surface area contributed by atoms with E-state index in [2.05, 4.69) is 10.6 Å². The van der Waals surface area contributed by atoms with Crippen molar-refractivity contribution in [2.24, 2.45) is 0 Å². The normalized spacial score (nSPS) is 22.3. The second-order valence-electron chi connectivity index (χ2n) is 6.38. The molecule has 1 aliphatic heterocycles. The van der Waals surface area contributed by atoms with Gasteiger partial charge in [-0.05, 0) is 32.0 Å². The van der Waals surface area contributed by atoms with Crippen LogP contribution in [0.5, 0.6) is 5.75 Å². The molecule has 1 heterocycles. The smallest absolute Gasteiger partial charge is 0.221 e. The van der Waals surface area contributed by atoms with E-state index in [4.69, 9.17) is 4.74 Å². The molecule has 1 aliphatic rings. The van der Waals surface area contributed by atoms with Crippen LogP contribution in [0.4, 0.5) is 5.69 Å². The third-order valence-electron chi connectivity index (χ3n) is 3.58. The van der Waals surface area contributed by atoms with Gasteiger partial charge in [-0.1, -0.05) is 13.8 Å². The maximum atomic E-state index is 11.2. The molecule has 0 fully saturated rings. The highest BCUT2D eigenvalue weighted by Crippen LogP contribution is 2.41. The third-order valence-corrected chi connectivity index (χ3v) is 3.58. The van der Waals surface area contributed by atoms with E-state index in [-0.39, 0.29) is 30.4 Å². The molecule has 0 aromatic heterocycles. The van der Waals surface area contributed by atoms with E-state index in [9.17, 15) is 9.90 Å². The molecular formula is C16H25ClN2O3. The second-order valence-corrected chi connectivity index (χ2v) is 6.38. The van der Waals surface area contributed by atoms with Crippen LogP contribution in [0, 0.1) is 0 Å². The van der Waals surface area contributed by atoms with E-state index in [0.29, 0.717) is 5.69 Å². The topological polar surface area (TPSA) is 70.6 Å². The molecule has 2 rings (SSSR count). The van der Waals surface area contributed by atoms with Gasteiger partial charge in [0.1, 0.15) is 17.5 Å². The fourth-order valence-corrected chi connectivity index (χ4v) is 2.62. The fourth-order valence-electron chi connectivity index (χ4n) is 2.62. The van der Waals surface area contributed by atoms with E-state index in [1.54, 1.807) is 6.07 Å². The Morgan fingerprint density at radius 2 is 2.00 bits per heavy atom. The van der Waals surface area contributed by atoms with Crippen LogP contribution >= 0.6 is 12.4 Å². The molecule has 0 bridgehead atoms. The number of carbonyl (C=O) groups excluding carboxylic acids is 1. The highest BCUT2D eigenvalue weighted by atomic mass is 35.5. The number of rotatable bonds is 3. The fraction of sp³-hybridized carbons (Fsp3) is 0.562. The summed E-state index contributed by atoms with van der Waals surface area (Å²) in [5, 5.41) is 16.7. The molecule has 6 heteroatoms. The zero-order valence-electron chi connectivity index (χ0n) is 13.6. The number of aliphatic hydroxyl groups excluding tert-OH is 1. The molecule has 0 saturated carbocycles. The Morgan fingerprint density at radius 1 is 1.36 bits per heavy atom. The van der Waals surface area contributed by atoms with Crippen molar-refractivity contribution in [3.8, 4) is 5.75 Å². The molecule has 22 heavy (non-hydrogen) atoms. The lowest BCUT2D eigenvalue weighted by Crippen LogP contribution is -2.53. The van der Waals surface area contributed by atoms with E-state index < -0.39 is 11.7 Å².